The van der Waals surface area contributed by atoms with E-state index in [1.54, 1.807) is 6.20 Å². The molecule has 22 heavy (non-hydrogen) atoms. The Hall–Kier alpha value is -1.05. The maximum atomic E-state index is 5.54. The Labute approximate surface area is 151 Å². The Morgan fingerprint density at radius 3 is 2.77 bits per heavy atom. The second kappa shape index (κ2) is 12.5. The van der Waals surface area contributed by atoms with Crippen LogP contribution in [0, 0.1) is 0 Å². The van der Waals surface area contributed by atoms with Gasteiger partial charge in [0.25, 0.3) is 0 Å². The summed E-state index contributed by atoms with van der Waals surface area (Å²) < 4.78 is 5.54. The quantitative estimate of drug-likeness (QED) is 0.399. The fraction of sp³-hybridized carbons (Fsp3) is 0.625. The van der Waals surface area contributed by atoms with Crippen molar-refractivity contribution in [3.8, 4) is 5.88 Å². The lowest BCUT2D eigenvalue weighted by atomic mass is 10.3. The van der Waals surface area contributed by atoms with Crippen LogP contribution >= 0.6 is 24.0 Å². The second-order valence-corrected chi connectivity index (χ2v) is 4.85. The minimum atomic E-state index is 0. The maximum Gasteiger partial charge on any atom is 0.218 e. The van der Waals surface area contributed by atoms with Crippen molar-refractivity contribution in [2.75, 3.05) is 26.7 Å². The lowest BCUT2D eigenvalue weighted by molar-refractivity contribution is 0.323. The third kappa shape index (κ3) is 7.29. The SMILES string of the molecule is CCCCN(C)C(=NCc1cccnc1OCC)NCC.I. The summed E-state index contributed by atoms with van der Waals surface area (Å²) in [6.45, 7) is 9.30. The average Bonchev–Trinajstić information content (AvgIpc) is 2.50. The summed E-state index contributed by atoms with van der Waals surface area (Å²) in [5.74, 6) is 1.60. The van der Waals surface area contributed by atoms with Gasteiger partial charge < -0.3 is 15.0 Å². The Kier molecular flexibility index (Phi) is 11.9. The van der Waals surface area contributed by atoms with E-state index in [-0.39, 0.29) is 24.0 Å². The number of aromatic nitrogens is 1. The summed E-state index contributed by atoms with van der Waals surface area (Å²) in [7, 11) is 2.07. The van der Waals surface area contributed by atoms with Crippen molar-refractivity contribution in [3.05, 3.63) is 23.9 Å². The summed E-state index contributed by atoms with van der Waals surface area (Å²) in [6.07, 6.45) is 4.09. The fourth-order valence-corrected chi connectivity index (χ4v) is 1.94. The van der Waals surface area contributed by atoms with Gasteiger partial charge in [-0.2, -0.15) is 0 Å². The minimum absolute atomic E-state index is 0. The number of hydrogen-bond donors (Lipinski definition) is 1. The van der Waals surface area contributed by atoms with E-state index >= 15 is 0 Å². The number of nitrogens with one attached hydrogen (secondary N) is 1. The van der Waals surface area contributed by atoms with Gasteiger partial charge in [0.2, 0.25) is 5.88 Å². The molecule has 1 N–H and O–H groups in total. The van der Waals surface area contributed by atoms with Crippen LogP contribution in [0.1, 0.15) is 39.2 Å². The first kappa shape index (κ1) is 20.9. The van der Waals surface area contributed by atoms with Crippen LogP contribution in [0.5, 0.6) is 5.88 Å². The molecule has 0 aromatic carbocycles. The van der Waals surface area contributed by atoms with E-state index in [1.165, 1.54) is 6.42 Å². The van der Waals surface area contributed by atoms with Crippen LogP contribution in [0.25, 0.3) is 0 Å². The summed E-state index contributed by atoms with van der Waals surface area (Å²) in [6, 6.07) is 3.93. The number of guanidine groups is 1. The summed E-state index contributed by atoms with van der Waals surface area (Å²) >= 11 is 0. The molecule has 0 spiro atoms. The summed E-state index contributed by atoms with van der Waals surface area (Å²) in [5.41, 5.74) is 1.01. The number of rotatable bonds is 8. The molecule has 126 valence electrons. The zero-order chi connectivity index (χ0) is 15.5. The third-order valence-electron chi connectivity index (χ3n) is 3.07. The molecule has 1 aromatic rings. The lowest BCUT2D eigenvalue weighted by Gasteiger charge is -2.21. The second-order valence-electron chi connectivity index (χ2n) is 4.85. The van der Waals surface area contributed by atoms with Gasteiger partial charge in [-0.25, -0.2) is 9.98 Å². The minimum Gasteiger partial charge on any atom is -0.478 e. The average molecular weight is 420 g/mol. The zero-order valence-electron chi connectivity index (χ0n) is 14.1. The van der Waals surface area contributed by atoms with Crippen LogP contribution < -0.4 is 10.1 Å². The number of pyridine rings is 1. The highest BCUT2D eigenvalue weighted by molar-refractivity contribution is 14.0. The van der Waals surface area contributed by atoms with Crippen molar-refractivity contribution in [2.24, 2.45) is 4.99 Å². The van der Waals surface area contributed by atoms with Gasteiger partial charge in [-0.05, 0) is 26.3 Å². The molecule has 6 heteroatoms. The molecule has 0 radical (unpaired) electrons. The van der Waals surface area contributed by atoms with Crippen molar-refractivity contribution >= 4 is 29.9 Å². The molecule has 0 fully saturated rings. The predicted molar refractivity (Wildman–Crippen MR) is 103 cm³/mol. The molecule has 5 nitrogen and oxygen atoms in total. The normalized spacial score (nSPS) is 10.8. The van der Waals surface area contributed by atoms with Gasteiger partial charge in [0.1, 0.15) is 0 Å². The highest BCUT2D eigenvalue weighted by Crippen LogP contribution is 2.15. The number of unbranched alkanes of at least 4 members (excludes halogenated alkanes) is 1. The van der Waals surface area contributed by atoms with Crippen LogP contribution in [-0.2, 0) is 6.54 Å². The molecule has 1 aromatic heterocycles. The van der Waals surface area contributed by atoms with Crippen molar-refractivity contribution in [3.63, 3.8) is 0 Å². The standard InChI is InChI=1S/C16H28N4O.HI/c1-5-8-12-20(4)16(17-6-2)19-13-14-10-9-11-18-15(14)21-7-3;/h9-11H,5-8,12-13H2,1-4H3,(H,17,19);1H. The van der Waals surface area contributed by atoms with Gasteiger partial charge in [0.15, 0.2) is 5.96 Å². The van der Waals surface area contributed by atoms with Crippen LogP contribution in [-0.4, -0.2) is 42.6 Å². The Balaban J connectivity index is 0.00000441. The number of ether oxygens (including phenoxy) is 1. The molecular weight excluding hydrogens is 391 g/mol. The van der Waals surface area contributed by atoms with E-state index in [9.17, 15) is 0 Å². The van der Waals surface area contributed by atoms with Gasteiger partial charge in [-0.3, -0.25) is 0 Å². The van der Waals surface area contributed by atoms with Crippen molar-refractivity contribution < 1.29 is 4.74 Å². The van der Waals surface area contributed by atoms with Gasteiger partial charge in [-0.15, -0.1) is 24.0 Å². The van der Waals surface area contributed by atoms with E-state index in [0.29, 0.717) is 19.0 Å². The predicted octanol–water partition coefficient (Wildman–Crippen LogP) is 3.30. The topological polar surface area (TPSA) is 49.8 Å². The van der Waals surface area contributed by atoms with E-state index in [1.807, 2.05) is 19.1 Å². The van der Waals surface area contributed by atoms with Crippen molar-refractivity contribution in [2.45, 2.75) is 40.2 Å². The Morgan fingerprint density at radius 1 is 1.36 bits per heavy atom. The number of nitrogens with zero attached hydrogens (tertiary/aromatic N) is 3. The van der Waals surface area contributed by atoms with Gasteiger partial charge in [-0.1, -0.05) is 19.4 Å². The van der Waals surface area contributed by atoms with E-state index in [4.69, 9.17) is 9.73 Å². The fourth-order valence-electron chi connectivity index (χ4n) is 1.94. The van der Waals surface area contributed by atoms with Crippen LogP contribution in [0.3, 0.4) is 0 Å². The summed E-state index contributed by atoms with van der Waals surface area (Å²) in [4.78, 5) is 11.1. The molecule has 0 saturated carbocycles. The molecule has 0 amide bonds. The Bertz CT molecular complexity index is 440. The molecule has 0 aliphatic rings. The van der Waals surface area contributed by atoms with Gasteiger partial charge in [0.05, 0.1) is 13.2 Å². The highest BCUT2D eigenvalue weighted by atomic mass is 127. The molecule has 1 rings (SSSR count). The smallest absolute Gasteiger partial charge is 0.218 e. The molecule has 0 bridgehead atoms. The summed E-state index contributed by atoms with van der Waals surface area (Å²) in [5, 5.41) is 3.33. The first-order chi connectivity index (χ1) is 10.2. The molecule has 0 saturated heterocycles. The molecule has 0 aliphatic heterocycles. The van der Waals surface area contributed by atoms with Crippen molar-refractivity contribution in [1.29, 1.82) is 0 Å². The van der Waals surface area contributed by atoms with Crippen LogP contribution in [0.15, 0.2) is 23.3 Å². The number of aliphatic imine (C=N–C) groups is 1. The molecule has 0 unspecified atom stereocenters. The number of hydrogen-bond acceptors (Lipinski definition) is 3. The molecular formula is C16H29IN4O. The van der Waals surface area contributed by atoms with Crippen LogP contribution in [0.4, 0.5) is 0 Å². The number of halogens is 1. The lowest BCUT2D eigenvalue weighted by Crippen LogP contribution is -2.39. The third-order valence-corrected chi connectivity index (χ3v) is 3.07. The molecule has 1 heterocycles. The Morgan fingerprint density at radius 2 is 2.14 bits per heavy atom. The first-order valence-corrected chi connectivity index (χ1v) is 7.79. The molecule has 0 atom stereocenters. The monoisotopic (exact) mass is 420 g/mol. The van der Waals surface area contributed by atoms with E-state index in [0.717, 1.165) is 31.0 Å². The first-order valence-electron chi connectivity index (χ1n) is 7.79. The van der Waals surface area contributed by atoms with Crippen molar-refractivity contribution in [1.82, 2.24) is 15.2 Å². The largest absolute Gasteiger partial charge is 0.478 e. The van der Waals surface area contributed by atoms with Crippen LogP contribution in [0.2, 0.25) is 0 Å². The maximum absolute atomic E-state index is 5.54. The van der Waals surface area contributed by atoms with E-state index < -0.39 is 0 Å². The molecule has 0 aliphatic carbocycles. The highest BCUT2D eigenvalue weighted by Gasteiger charge is 2.07. The van der Waals surface area contributed by atoms with Gasteiger partial charge >= 0.3 is 0 Å². The van der Waals surface area contributed by atoms with Gasteiger partial charge in [0, 0.05) is 31.9 Å². The van der Waals surface area contributed by atoms with E-state index in [2.05, 4.69) is 36.1 Å². The zero-order valence-corrected chi connectivity index (χ0v) is 16.5.